The highest BCUT2D eigenvalue weighted by Gasteiger charge is 2.15. The van der Waals surface area contributed by atoms with Crippen molar-refractivity contribution in [2.75, 3.05) is 0 Å². The van der Waals surface area contributed by atoms with Crippen LogP contribution < -0.4 is 0 Å². The lowest BCUT2D eigenvalue weighted by atomic mass is 10.0. The maximum Gasteiger partial charge on any atom is 0.303 e. The van der Waals surface area contributed by atoms with Crippen LogP contribution in [0.4, 0.5) is 0 Å². The molecule has 0 radical (unpaired) electrons. The molecule has 0 aliphatic heterocycles. The molecule has 0 fully saturated rings. The van der Waals surface area contributed by atoms with E-state index in [0.29, 0.717) is 6.42 Å². The number of rotatable bonds is 16. The van der Waals surface area contributed by atoms with Crippen LogP contribution in [0.3, 0.4) is 0 Å². The van der Waals surface area contributed by atoms with E-state index >= 15 is 0 Å². The Labute approximate surface area is 147 Å². The van der Waals surface area contributed by atoms with Gasteiger partial charge < -0.3 is 5.11 Å². The van der Waals surface area contributed by atoms with E-state index in [2.05, 4.69) is 6.92 Å². The monoisotopic (exact) mass is 352 g/mol. The maximum atomic E-state index is 10.4. The number of halogens is 2. The number of aliphatic carboxylic acids is 1. The molecule has 0 aromatic heterocycles. The average Bonchev–Trinajstić information content (AvgIpc) is 2.49. The van der Waals surface area contributed by atoms with Crippen LogP contribution >= 0.6 is 23.2 Å². The van der Waals surface area contributed by atoms with E-state index in [9.17, 15) is 4.79 Å². The molecule has 0 aromatic rings. The summed E-state index contributed by atoms with van der Waals surface area (Å²) in [6, 6.07) is 0. The zero-order valence-electron chi connectivity index (χ0n) is 14.2. The zero-order chi connectivity index (χ0) is 16.6. The van der Waals surface area contributed by atoms with Gasteiger partial charge in [-0.05, 0) is 19.3 Å². The quantitative estimate of drug-likeness (QED) is 0.246. The van der Waals surface area contributed by atoms with Gasteiger partial charge in [0.2, 0.25) is 0 Å². The molecule has 2 atom stereocenters. The fourth-order valence-electron chi connectivity index (χ4n) is 2.63. The molecule has 0 aromatic carbocycles. The summed E-state index contributed by atoms with van der Waals surface area (Å²) in [6.45, 7) is 2.24. The van der Waals surface area contributed by atoms with Crippen LogP contribution in [-0.2, 0) is 4.79 Å². The Kier molecular flexibility index (Phi) is 16.0. The molecular formula is C18H34Cl2O2. The summed E-state index contributed by atoms with van der Waals surface area (Å²) in [7, 11) is 0. The van der Waals surface area contributed by atoms with Crippen LogP contribution in [-0.4, -0.2) is 21.8 Å². The molecule has 0 bridgehead atoms. The van der Waals surface area contributed by atoms with Crippen LogP contribution in [0.2, 0.25) is 0 Å². The molecule has 0 rings (SSSR count). The fourth-order valence-corrected chi connectivity index (χ4v) is 3.19. The van der Waals surface area contributed by atoms with E-state index in [-0.39, 0.29) is 10.8 Å². The summed E-state index contributed by atoms with van der Waals surface area (Å²) in [5.74, 6) is -0.694. The minimum Gasteiger partial charge on any atom is -0.481 e. The Balaban J connectivity index is 3.38. The zero-order valence-corrected chi connectivity index (χ0v) is 15.7. The number of hydrogen-bond acceptors (Lipinski definition) is 1. The SMILES string of the molecule is CCCCCCCC[C@H](Cl)[C@@H](Cl)CCCCCCCC(=O)O. The van der Waals surface area contributed by atoms with Gasteiger partial charge in [-0.25, -0.2) is 0 Å². The van der Waals surface area contributed by atoms with Gasteiger partial charge in [0, 0.05) is 17.2 Å². The van der Waals surface area contributed by atoms with E-state index in [4.69, 9.17) is 28.3 Å². The van der Waals surface area contributed by atoms with Gasteiger partial charge in [-0.15, -0.1) is 23.2 Å². The summed E-state index contributed by atoms with van der Waals surface area (Å²) >= 11 is 12.7. The van der Waals surface area contributed by atoms with Gasteiger partial charge in [-0.2, -0.15) is 0 Å². The number of carboxylic acids is 1. The van der Waals surface area contributed by atoms with Crippen molar-refractivity contribution in [3.63, 3.8) is 0 Å². The molecule has 0 aliphatic rings. The van der Waals surface area contributed by atoms with Gasteiger partial charge in [-0.3, -0.25) is 4.79 Å². The molecule has 0 amide bonds. The summed E-state index contributed by atoms with van der Waals surface area (Å²) in [5.41, 5.74) is 0. The Hall–Kier alpha value is 0.0500. The molecular weight excluding hydrogens is 319 g/mol. The van der Waals surface area contributed by atoms with Gasteiger partial charge in [0.25, 0.3) is 0 Å². The molecule has 0 heterocycles. The minimum absolute atomic E-state index is 0.0799. The van der Waals surface area contributed by atoms with Crippen molar-refractivity contribution in [3.8, 4) is 0 Å². The third-order valence-electron chi connectivity index (χ3n) is 4.10. The largest absolute Gasteiger partial charge is 0.481 e. The Bertz CT molecular complexity index is 259. The molecule has 2 nitrogen and oxygen atoms in total. The molecule has 0 saturated heterocycles. The smallest absolute Gasteiger partial charge is 0.303 e. The Morgan fingerprint density at radius 2 is 1.18 bits per heavy atom. The summed E-state index contributed by atoms with van der Waals surface area (Å²) < 4.78 is 0. The van der Waals surface area contributed by atoms with Gasteiger partial charge in [0.05, 0.1) is 0 Å². The van der Waals surface area contributed by atoms with Crippen molar-refractivity contribution < 1.29 is 9.90 Å². The van der Waals surface area contributed by atoms with Crippen LogP contribution in [0.5, 0.6) is 0 Å². The molecule has 22 heavy (non-hydrogen) atoms. The molecule has 4 heteroatoms. The standard InChI is InChI=1S/C18H34Cl2O2/c1-2-3-4-5-7-10-13-16(19)17(20)14-11-8-6-9-12-15-18(21)22/h16-17H,2-15H2,1H3,(H,21,22)/t16-,17-/m0/s1. The summed E-state index contributed by atoms with van der Waals surface area (Å²) in [4.78, 5) is 10.4. The highest BCUT2D eigenvalue weighted by atomic mass is 35.5. The molecule has 0 spiro atoms. The second-order valence-electron chi connectivity index (χ2n) is 6.29. The normalized spacial score (nSPS) is 14.0. The van der Waals surface area contributed by atoms with Crippen LogP contribution in [0.25, 0.3) is 0 Å². The van der Waals surface area contributed by atoms with E-state index in [1.54, 1.807) is 0 Å². The van der Waals surface area contributed by atoms with E-state index in [1.165, 1.54) is 38.5 Å². The number of hydrogen-bond donors (Lipinski definition) is 1. The number of carboxylic acid groups (broad SMARTS) is 1. The minimum atomic E-state index is -0.694. The summed E-state index contributed by atoms with van der Waals surface area (Å²) in [6.07, 6.45) is 15.2. The molecule has 132 valence electrons. The lowest BCUT2D eigenvalue weighted by Crippen LogP contribution is -2.14. The van der Waals surface area contributed by atoms with Gasteiger partial charge >= 0.3 is 5.97 Å². The predicted molar refractivity (Wildman–Crippen MR) is 97.2 cm³/mol. The molecule has 1 N–H and O–H groups in total. The number of unbranched alkanes of at least 4 members (excludes halogenated alkanes) is 9. The van der Waals surface area contributed by atoms with Crippen molar-refractivity contribution in [2.45, 2.75) is 108 Å². The predicted octanol–water partition coefficient (Wildman–Crippen LogP) is 6.77. The second-order valence-corrected chi connectivity index (χ2v) is 7.41. The fraction of sp³-hybridized carbons (Fsp3) is 0.944. The van der Waals surface area contributed by atoms with Crippen molar-refractivity contribution in [3.05, 3.63) is 0 Å². The highest BCUT2D eigenvalue weighted by Crippen LogP contribution is 2.23. The molecule has 0 unspecified atom stereocenters. The second kappa shape index (κ2) is 15.9. The number of carbonyl (C=O) groups is 1. The topological polar surface area (TPSA) is 37.3 Å². The van der Waals surface area contributed by atoms with Crippen LogP contribution in [0, 0.1) is 0 Å². The molecule has 0 aliphatic carbocycles. The summed E-state index contributed by atoms with van der Waals surface area (Å²) in [5, 5.41) is 8.73. The molecule has 0 saturated carbocycles. The van der Waals surface area contributed by atoms with E-state index in [0.717, 1.165) is 44.9 Å². The number of alkyl halides is 2. The first-order chi connectivity index (χ1) is 10.6. The van der Waals surface area contributed by atoms with E-state index in [1.807, 2.05) is 0 Å². The van der Waals surface area contributed by atoms with Crippen molar-refractivity contribution in [1.29, 1.82) is 0 Å². The Morgan fingerprint density at radius 1 is 0.773 bits per heavy atom. The van der Waals surface area contributed by atoms with Gasteiger partial charge in [0.15, 0.2) is 0 Å². The van der Waals surface area contributed by atoms with Crippen LogP contribution in [0.15, 0.2) is 0 Å². The van der Waals surface area contributed by atoms with Crippen molar-refractivity contribution in [2.24, 2.45) is 0 Å². The third kappa shape index (κ3) is 15.0. The van der Waals surface area contributed by atoms with Gasteiger partial charge in [-0.1, -0.05) is 71.1 Å². The first-order valence-electron chi connectivity index (χ1n) is 9.07. The van der Waals surface area contributed by atoms with Crippen LogP contribution in [0.1, 0.15) is 96.8 Å². The van der Waals surface area contributed by atoms with Crippen molar-refractivity contribution >= 4 is 29.2 Å². The Morgan fingerprint density at radius 3 is 1.64 bits per heavy atom. The highest BCUT2D eigenvalue weighted by molar-refractivity contribution is 6.29. The maximum absolute atomic E-state index is 10.4. The third-order valence-corrected chi connectivity index (χ3v) is 5.27. The first-order valence-corrected chi connectivity index (χ1v) is 9.95. The lowest BCUT2D eigenvalue weighted by molar-refractivity contribution is -0.137. The average molecular weight is 353 g/mol. The van der Waals surface area contributed by atoms with Crippen molar-refractivity contribution in [1.82, 2.24) is 0 Å². The van der Waals surface area contributed by atoms with E-state index < -0.39 is 5.97 Å². The lowest BCUT2D eigenvalue weighted by Gasteiger charge is -2.16. The van der Waals surface area contributed by atoms with Gasteiger partial charge in [0.1, 0.15) is 0 Å². The first kappa shape index (κ1) is 22.1.